The molecule has 0 amide bonds. The second kappa shape index (κ2) is 5.49. The first kappa shape index (κ1) is 13.0. The van der Waals surface area contributed by atoms with Crippen LogP contribution in [0.3, 0.4) is 0 Å². The average molecular weight is 242 g/mol. The molecule has 96 valence electrons. The van der Waals surface area contributed by atoms with E-state index in [0.29, 0.717) is 12.0 Å². The van der Waals surface area contributed by atoms with Crippen molar-refractivity contribution in [2.45, 2.75) is 33.2 Å². The smallest absolute Gasteiger partial charge is 0.0708 e. The van der Waals surface area contributed by atoms with Crippen LogP contribution in [0.15, 0.2) is 30.3 Å². The third kappa shape index (κ3) is 2.39. The largest absolute Gasteiger partial charge is 0.311 e. The summed E-state index contributed by atoms with van der Waals surface area (Å²) in [5.41, 5.74) is 3.55. The minimum Gasteiger partial charge on any atom is -0.311 e. The van der Waals surface area contributed by atoms with Crippen molar-refractivity contribution in [3.63, 3.8) is 0 Å². The summed E-state index contributed by atoms with van der Waals surface area (Å²) in [5.74, 6) is 0.586. The molecule has 1 aromatic carbocycles. The van der Waals surface area contributed by atoms with Crippen molar-refractivity contribution in [2.24, 2.45) is 5.92 Å². The summed E-state index contributed by atoms with van der Waals surface area (Å²) in [6, 6.07) is 10.9. The number of fused-ring (bicyclic) bond motifs is 1. The number of nitrogens with one attached hydrogen (secondary N) is 1. The van der Waals surface area contributed by atoms with Gasteiger partial charge in [0.2, 0.25) is 0 Å². The van der Waals surface area contributed by atoms with Gasteiger partial charge < -0.3 is 5.32 Å². The van der Waals surface area contributed by atoms with Crippen LogP contribution in [0, 0.1) is 12.8 Å². The van der Waals surface area contributed by atoms with E-state index in [9.17, 15) is 0 Å². The minimum absolute atomic E-state index is 0.332. The van der Waals surface area contributed by atoms with E-state index >= 15 is 0 Å². The molecule has 1 N–H and O–H groups in total. The highest BCUT2D eigenvalue weighted by molar-refractivity contribution is 5.82. The summed E-state index contributed by atoms with van der Waals surface area (Å²) >= 11 is 0. The summed E-state index contributed by atoms with van der Waals surface area (Å²) in [5, 5.41) is 4.65. The summed E-state index contributed by atoms with van der Waals surface area (Å²) in [4.78, 5) is 4.81. The fraction of sp³-hybridized carbons (Fsp3) is 0.438. The predicted molar refractivity (Wildman–Crippen MR) is 77.7 cm³/mol. The molecule has 0 bridgehead atoms. The predicted octanol–water partition coefficient (Wildman–Crippen LogP) is 3.85. The molecule has 0 aliphatic carbocycles. The highest BCUT2D eigenvalue weighted by Gasteiger charge is 2.18. The van der Waals surface area contributed by atoms with Crippen LogP contribution in [0.25, 0.3) is 10.9 Å². The first-order valence-corrected chi connectivity index (χ1v) is 6.71. The van der Waals surface area contributed by atoms with Crippen molar-refractivity contribution < 1.29 is 0 Å². The lowest BCUT2D eigenvalue weighted by atomic mass is 9.94. The molecule has 18 heavy (non-hydrogen) atoms. The zero-order chi connectivity index (χ0) is 13.1. The fourth-order valence-electron chi connectivity index (χ4n) is 2.49. The molecule has 0 radical (unpaired) electrons. The maximum absolute atomic E-state index is 4.81. The van der Waals surface area contributed by atoms with E-state index in [1.165, 1.54) is 10.9 Å². The molecule has 2 aromatic rings. The van der Waals surface area contributed by atoms with Crippen LogP contribution >= 0.6 is 0 Å². The molecule has 2 rings (SSSR count). The number of nitrogens with zero attached hydrogens (tertiary/aromatic N) is 1. The Balaban J connectivity index is 2.51. The molecule has 0 spiro atoms. The number of aryl methyl sites for hydroxylation is 1. The number of hydrogen-bond acceptors (Lipinski definition) is 2. The van der Waals surface area contributed by atoms with Gasteiger partial charge in [0.05, 0.1) is 17.3 Å². The molecule has 1 heterocycles. The van der Waals surface area contributed by atoms with Crippen molar-refractivity contribution in [3.8, 4) is 0 Å². The van der Waals surface area contributed by atoms with E-state index in [1.54, 1.807) is 0 Å². The second-order valence-corrected chi connectivity index (χ2v) is 5.03. The fourth-order valence-corrected chi connectivity index (χ4v) is 2.49. The average Bonchev–Trinajstić information content (AvgIpc) is 2.39. The van der Waals surface area contributed by atoms with Crippen LogP contribution in [-0.2, 0) is 0 Å². The Morgan fingerprint density at radius 2 is 2.00 bits per heavy atom. The molecule has 0 aliphatic heterocycles. The SMILES string of the molecule is CCC(C)C(NC)c1cc(C)c2ccccc2n1. The van der Waals surface area contributed by atoms with Crippen molar-refractivity contribution in [3.05, 3.63) is 41.6 Å². The van der Waals surface area contributed by atoms with Gasteiger partial charge in [0.25, 0.3) is 0 Å². The number of hydrogen-bond donors (Lipinski definition) is 1. The lowest BCUT2D eigenvalue weighted by Gasteiger charge is -2.22. The number of benzene rings is 1. The number of rotatable bonds is 4. The van der Waals surface area contributed by atoms with Crippen LogP contribution in [0.2, 0.25) is 0 Å². The molecule has 2 atom stereocenters. The van der Waals surface area contributed by atoms with E-state index in [1.807, 2.05) is 7.05 Å². The molecule has 0 saturated carbocycles. The molecule has 0 aliphatic rings. The maximum atomic E-state index is 4.81. The van der Waals surface area contributed by atoms with Crippen molar-refractivity contribution in [1.29, 1.82) is 0 Å². The van der Waals surface area contributed by atoms with Gasteiger partial charge in [0.15, 0.2) is 0 Å². The van der Waals surface area contributed by atoms with Crippen molar-refractivity contribution in [2.75, 3.05) is 7.05 Å². The summed E-state index contributed by atoms with van der Waals surface area (Å²) in [6.45, 7) is 6.66. The summed E-state index contributed by atoms with van der Waals surface area (Å²) in [6.07, 6.45) is 1.15. The third-order valence-corrected chi connectivity index (χ3v) is 3.79. The molecule has 2 nitrogen and oxygen atoms in total. The molecule has 0 saturated heterocycles. The van der Waals surface area contributed by atoms with Crippen molar-refractivity contribution in [1.82, 2.24) is 10.3 Å². The van der Waals surface area contributed by atoms with Crippen LogP contribution in [-0.4, -0.2) is 12.0 Å². The van der Waals surface area contributed by atoms with E-state index in [2.05, 4.69) is 56.4 Å². The minimum atomic E-state index is 0.332. The Morgan fingerprint density at radius 1 is 1.28 bits per heavy atom. The van der Waals surface area contributed by atoms with Gasteiger partial charge in [-0.25, -0.2) is 0 Å². The summed E-state index contributed by atoms with van der Waals surface area (Å²) in [7, 11) is 2.02. The van der Waals surface area contributed by atoms with Gasteiger partial charge in [0.1, 0.15) is 0 Å². The Bertz CT molecular complexity index is 534. The zero-order valence-corrected chi connectivity index (χ0v) is 11.7. The molecule has 1 aromatic heterocycles. The van der Waals surface area contributed by atoms with Gasteiger partial charge in [0, 0.05) is 5.39 Å². The maximum Gasteiger partial charge on any atom is 0.0708 e. The van der Waals surface area contributed by atoms with Gasteiger partial charge in [-0.2, -0.15) is 0 Å². The number of pyridine rings is 1. The first-order chi connectivity index (χ1) is 8.67. The molecule has 0 fully saturated rings. The van der Waals surface area contributed by atoms with E-state index in [0.717, 1.165) is 17.6 Å². The Morgan fingerprint density at radius 3 is 2.67 bits per heavy atom. The third-order valence-electron chi connectivity index (χ3n) is 3.79. The zero-order valence-electron chi connectivity index (χ0n) is 11.7. The first-order valence-electron chi connectivity index (χ1n) is 6.71. The highest BCUT2D eigenvalue weighted by Crippen LogP contribution is 2.26. The van der Waals surface area contributed by atoms with Gasteiger partial charge in [-0.3, -0.25) is 4.98 Å². The topological polar surface area (TPSA) is 24.9 Å². The highest BCUT2D eigenvalue weighted by atomic mass is 14.9. The summed E-state index contributed by atoms with van der Waals surface area (Å²) < 4.78 is 0. The van der Waals surface area contributed by atoms with Gasteiger partial charge >= 0.3 is 0 Å². The lowest BCUT2D eigenvalue weighted by molar-refractivity contribution is 0.393. The van der Waals surface area contributed by atoms with Crippen LogP contribution in [0.1, 0.15) is 37.6 Å². The molecule has 2 heteroatoms. The lowest BCUT2D eigenvalue weighted by Crippen LogP contribution is -2.24. The van der Waals surface area contributed by atoms with Crippen LogP contribution < -0.4 is 5.32 Å². The van der Waals surface area contributed by atoms with E-state index in [-0.39, 0.29) is 0 Å². The number of aromatic nitrogens is 1. The second-order valence-electron chi connectivity index (χ2n) is 5.03. The Labute approximate surface area is 109 Å². The van der Waals surface area contributed by atoms with E-state index in [4.69, 9.17) is 4.98 Å². The Kier molecular flexibility index (Phi) is 3.97. The standard InChI is InChI=1S/C16H22N2/c1-5-11(2)16(17-4)15-10-12(3)13-8-6-7-9-14(13)18-15/h6-11,16-17H,5H2,1-4H3. The number of para-hydroxylation sites is 1. The molecular weight excluding hydrogens is 220 g/mol. The normalized spacial score (nSPS) is 14.7. The monoisotopic (exact) mass is 242 g/mol. The quantitative estimate of drug-likeness (QED) is 0.881. The Hall–Kier alpha value is -1.41. The molecule has 2 unspecified atom stereocenters. The van der Waals surface area contributed by atoms with Gasteiger partial charge in [-0.05, 0) is 37.6 Å². The van der Waals surface area contributed by atoms with Crippen molar-refractivity contribution >= 4 is 10.9 Å². The van der Waals surface area contributed by atoms with E-state index < -0.39 is 0 Å². The van der Waals surface area contributed by atoms with Gasteiger partial charge in [-0.15, -0.1) is 0 Å². The van der Waals surface area contributed by atoms with Crippen LogP contribution in [0.5, 0.6) is 0 Å². The van der Waals surface area contributed by atoms with Gasteiger partial charge in [-0.1, -0.05) is 38.5 Å². The molecular formula is C16H22N2. The van der Waals surface area contributed by atoms with Crippen LogP contribution in [0.4, 0.5) is 0 Å².